The number of carboxylic acid groups (broad SMARTS) is 2. The molecule has 9 heteroatoms. The molecule has 25 heavy (non-hydrogen) atoms. The van der Waals surface area contributed by atoms with Crippen molar-refractivity contribution in [2.24, 2.45) is 0 Å². The van der Waals surface area contributed by atoms with Gasteiger partial charge >= 0.3 is 5.97 Å². The lowest BCUT2D eigenvalue weighted by molar-refractivity contribution is -0.447. The molecule has 1 aromatic carbocycles. The average Bonchev–Trinajstić information content (AvgIpc) is 3.01. The second-order valence-electron chi connectivity index (χ2n) is 4.62. The molecule has 0 unspecified atom stereocenters. The first-order valence-electron chi connectivity index (χ1n) is 7.20. The fourth-order valence-electron chi connectivity index (χ4n) is 1.84. The highest BCUT2D eigenvalue weighted by Crippen LogP contribution is 2.17. The normalized spacial score (nSPS) is 9.96. The molecule has 5 N–H and O–H groups in total. The van der Waals surface area contributed by atoms with Crippen LogP contribution in [0.5, 0.6) is 0 Å². The molecule has 1 aromatic heterocycles. The SMILES string of the molecule is CCN(C(=O)c1c[nH+][nH]c1N)c1ccccc1.O=C([O-])/C=C\C(=O)O. The number of rotatable bonds is 5. The highest BCUT2D eigenvalue weighted by atomic mass is 16.4. The van der Waals surface area contributed by atoms with Gasteiger partial charge in [-0.05, 0) is 25.1 Å². The zero-order chi connectivity index (χ0) is 18.8. The first-order valence-corrected chi connectivity index (χ1v) is 7.20. The third-order valence-corrected chi connectivity index (χ3v) is 2.94. The zero-order valence-electron chi connectivity index (χ0n) is 13.4. The second kappa shape index (κ2) is 9.50. The Labute approximate surface area is 143 Å². The Morgan fingerprint density at radius 3 is 2.32 bits per heavy atom. The molecule has 2 rings (SSSR count). The van der Waals surface area contributed by atoms with Gasteiger partial charge < -0.3 is 25.6 Å². The lowest BCUT2D eigenvalue weighted by Gasteiger charge is -2.19. The van der Waals surface area contributed by atoms with Crippen LogP contribution < -0.4 is 20.8 Å². The summed E-state index contributed by atoms with van der Waals surface area (Å²) in [7, 11) is 0. The van der Waals surface area contributed by atoms with Gasteiger partial charge in [0.25, 0.3) is 5.91 Å². The zero-order valence-corrected chi connectivity index (χ0v) is 13.4. The van der Waals surface area contributed by atoms with Crippen LogP contribution in [-0.2, 0) is 9.59 Å². The van der Waals surface area contributed by atoms with Gasteiger partial charge in [-0.15, -0.1) is 5.10 Å². The summed E-state index contributed by atoms with van der Waals surface area (Å²) in [6, 6.07) is 9.51. The van der Waals surface area contributed by atoms with Crippen molar-refractivity contribution in [2.75, 3.05) is 17.2 Å². The standard InChI is InChI=1S/C12H14N4O.C4H4O4/c1-2-16(9-6-4-3-5-7-9)12(17)10-8-14-15-11(10)13;5-3(6)1-2-4(7)8/h3-8H,2H2,1H3,(H3,13,14,15);1-2H,(H,5,6)(H,7,8)/b;2-1-. The number of H-pyrrole nitrogens is 2. The van der Waals surface area contributed by atoms with E-state index in [1.165, 1.54) is 0 Å². The van der Waals surface area contributed by atoms with Crippen molar-refractivity contribution in [2.45, 2.75) is 6.92 Å². The summed E-state index contributed by atoms with van der Waals surface area (Å²) in [4.78, 5) is 32.9. The summed E-state index contributed by atoms with van der Waals surface area (Å²) in [6.45, 7) is 2.52. The van der Waals surface area contributed by atoms with E-state index in [2.05, 4.69) is 10.2 Å². The van der Waals surface area contributed by atoms with Crippen molar-refractivity contribution in [3.05, 3.63) is 54.2 Å². The molecule has 132 valence electrons. The lowest BCUT2D eigenvalue weighted by atomic mass is 10.2. The van der Waals surface area contributed by atoms with Crippen LogP contribution in [0.2, 0.25) is 0 Å². The van der Waals surface area contributed by atoms with Crippen LogP contribution in [0.1, 0.15) is 17.3 Å². The molecule has 0 radical (unpaired) electrons. The summed E-state index contributed by atoms with van der Waals surface area (Å²) in [6.07, 6.45) is 2.51. The van der Waals surface area contributed by atoms with E-state index in [9.17, 15) is 19.5 Å². The number of amides is 1. The van der Waals surface area contributed by atoms with Crippen LogP contribution in [0.4, 0.5) is 11.5 Å². The Morgan fingerprint density at radius 1 is 1.28 bits per heavy atom. The number of nitrogens with zero attached hydrogens (tertiary/aromatic N) is 1. The summed E-state index contributed by atoms with van der Waals surface area (Å²) in [5.41, 5.74) is 6.99. The van der Waals surface area contributed by atoms with E-state index in [0.29, 0.717) is 30.1 Å². The van der Waals surface area contributed by atoms with Crippen LogP contribution in [0.15, 0.2) is 48.7 Å². The van der Waals surface area contributed by atoms with Crippen LogP contribution >= 0.6 is 0 Å². The number of nitrogens with one attached hydrogen (secondary N) is 2. The van der Waals surface area contributed by atoms with Gasteiger partial charge in [-0.25, -0.2) is 4.79 Å². The van der Waals surface area contributed by atoms with E-state index in [4.69, 9.17) is 10.8 Å². The van der Waals surface area contributed by atoms with E-state index in [1.807, 2.05) is 37.3 Å². The number of anilines is 2. The van der Waals surface area contributed by atoms with Gasteiger partial charge in [-0.3, -0.25) is 4.79 Å². The number of carbonyl (C=O) groups is 3. The van der Waals surface area contributed by atoms with E-state index in [0.717, 1.165) is 5.69 Å². The number of hydrogen-bond donors (Lipinski definition) is 3. The molecule has 0 bridgehead atoms. The van der Waals surface area contributed by atoms with Crippen LogP contribution in [0.3, 0.4) is 0 Å². The molecule has 0 saturated heterocycles. The summed E-state index contributed by atoms with van der Waals surface area (Å²) in [5.74, 6) is -2.57. The van der Waals surface area contributed by atoms with Gasteiger partial charge in [0.2, 0.25) is 6.20 Å². The molecule has 2 aromatic rings. The molecular weight excluding hydrogens is 328 g/mol. The van der Waals surface area contributed by atoms with Gasteiger partial charge in [0.15, 0.2) is 11.4 Å². The number of aliphatic carboxylic acids is 2. The van der Waals surface area contributed by atoms with Crippen LogP contribution in [-0.4, -0.2) is 34.6 Å². The van der Waals surface area contributed by atoms with Gasteiger partial charge in [0.05, 0.1) is 5.97 Å². The Morgan fingerprint density at radius 2 is 1.92 bits per heavy atom. The molecule has 0 atom stereocenters. The third kappa shape index (κ3) is 6.18. The van der Waals surface area contributed by atoms with Gasteiger partial charge in [-0.1, -0.05) is 18.2 Å². The minimum atomic E-state index is -1.51. The molecule has 0 aliphatic carbocycles. The second-order valence-corrected chi connectivity index (χ2v) is 4.62. The molecule has 1 amide bonds. The average molecular weight is 346 g/mol. The summed E-state index contributed by atoms with van der Waals surface area (Å²) < 4.78 is 0. The maximum atomic E-state index is 12.3. The largest absolute Gasteiger partial charge is 0.545 e. The Hall–Kier alpha value is -3.62. The topological polar surface area (TPSA) is 154 Å². The third-order valence-electron chi connectivity index (χ3n) is 2.94. The van der Waals surface area contributed by atoms with Crippen molar-refractivity contribution in [3.8, 4) is 0 Å². The number of carboxylic acids is 2. The maximum absolute atomic E-state index is 12.3. The minimum absolute atomic E-state index is 0.117. The predicted molar refractivity (Wildman–Crippen MR) is 87.3 cm³/mol. The number of benzene rings is 1. The molecule has 0 aliphatic heterocycles. The quantitative estimate of drug-likeness (QED) is 0.618. The number of carbonyl (C=O) groups excluding carboxylic acids is 2. The first kappa shape index (κ1) is 19.4. The molecule has 9 nitrogen and oxygen atoms in total. The summed E-state index contributed by atoms with van der Waals surface area (Å²) in [5, 5.41) is 22.6. The number of aromatic amines is 2. The van der Waals surface area contributed by atoms with E-state index < -0.39 is 11.9 Å². The van der Waals surface area contributed by atoms with Crippen LogP contribution in [0, 0.1) is 0 Å². The summed E-state index contributed by atoms with van der Waals surface area (Å²) >= 11 is 0. The van der Waals surface area contributed by atoms with Gasteiger partial charge in [-0.2, -0.15) is 5.10 Å². The highest BCUT2D eigenvalue weighted by molar-refractivity contribution is 6.08. The van der Waals surface area contributed by atoms with Crippen molar-refractivity contribution >= 4 is 29.4 Å². The van der Waals surface area contributed by atoms with Crippen molar-refractivity contribution in [1.82, 2.24) is 5.10 Å². The number of aromatic nitrogens is 2. The molecular formula is C16H18N4O5. The number of nitrogens with two attached hydrogens (primary N) is 1. The first-order chi connectivity index (χ1) is 11.9. The smallest absolute Gasteiger partial charge is 0.328 e. The Balaban J connectivity index is 0.000000333. The number of hydrogen-bond acceptors (Lipinski definition) is 5. The van der Waals surface area contributed by atoms with Gasteiger partial charge in [0.1, 0.15) is 0 Å². The molecule has 0 fully saturated rings. The Bertz CT molecular complexity index is 739. The van der Waals surface area contributed by atoms with E-state index >= 15 is 0 Å². The number of nitrogen functional groups attached to an aromatic ring is 1. The van der Waals surface area contributed by atoms with Crippen molar-refractivity contribution in [3.63, 3.8) is 0 Å². The van der Waals surface area contributed by atoms with Gasteiger partial charge in [0, 0.05) is 18.3 Å². The molecule has 0 saturated carbocycles. The fourth-order valence-corrected chi connectivity index (χ4v) is 1.84. The van der Waals surface area contributed by atoms with Crippen molar-refractivity contribution < 1.29 is 29.7 Å². The monoisotopic (exact) mass is 346 g/mol. The molecule has 0 aliphatic rings. The van der Waals surface area contributed by atoms with E-state index in [-0.39, 0.29) is 5.91 Å². The number of para-hydroxylation sites is 1. The highest BCUT2D eigenvalue weighted by Gasteiger charge is 2.21. The fraction of sp³-hybridized carbons (Fsp3) is 0.125. The Kier molecular flexibility index (Phi) is 7.38. The minimum Gasteiger partial charge on any atom is -0.545 e. The maximum Gasteiger partial charge on any atom is 0.328 e. The predicted octanol–water partition coefficient (Wildman–Crippen LogP) is -0.545. The molecule has 0 spiro atoms. The van der Waals surface area contributed by atoms with Crippen molar-refractivity contribution in [1.29, 1.82) is 0 Å². The van der Waals surface area contributed by atoms with Crippen LogP contribution in [0.25, 0.3) is 0 Å². The lowest BCUT2D eigenvalue weighted by Crippen LogP contribution is -2.30. The van der Waals surface area contributed by atoms with E-state index in [1.54, 1.807) is 11.1 Å². The molecule has 1 heterocycles.